The minimum Gasteiger partial charge on any atom is -0.489 e. The Balaban J connectivity index is 2.10. The van der Waals surface area contributed by atoms with Gasteiger partial charge in [0.1, 0.15) is 12.4 Å². The largest absolute Gasteiger partial charge is 0.489 e. The Morgan fingerprint density at radius 3 is 2.39 bits per heavy atom. The van der Waals surface area contributed by atoms with Gasteiger partial charge >= 0.3 is 0 Å². The van der Waals surface area contributed by atoms with Crippen molar-refractivity contribution in [3.63, 3.8) is 0 Å². The van der Waals surface area contributed by atoms with Gasteiger partial charge < -0.3 is 15.6 Å². The molecule has 1 atom stereocenters. The fourth-order valence-corrected chi connectivity index (χ4v) is 1.75. The van der Waals surface area contributed by atoms with Gasteiger partial charge in [0.2, 0.25) is 0 Å². The van der Waals surface area contributed by atoms with E-state index in [0.717, 1.165) is 16.9 Å². The third-order valence-electron chi connectivity index (χ3n) is 2.75. The van der Waals surface area contributed by atoms with E-state index in [-0.39, 0.29) is 6.61 Å². The molecule has 0 saturated heterocycles. The molecule has 0 heterocycles. The molecule has 2 rings (SSSR count). The van der Waals surface area contributed by atoms with Gasteiger partial charge in [-0.1, -0.05) is 48.5 Å². The third kappa shape index (κ3) is 3.09. The lowest BCUT2D eigenvalue weighted by molar-refractivity contribution is 0.257. The molecule has 0 aromatic heterocycles. The van der Waals surface area contributed by atoms with E-state index in [1.165, 1.54) is 0 Å². The summed E-state index contributed by atoms with van der Waals surface area (Å²) in [5, 5.41) is 9.12. The highest BCUT2D eigenvalue weighted by Crippen LogP contribution is 2.24. The fraction of sp³-hybridized carbons (Fsp3) is 0.200. The van der Waals surface area contributed by atoms with E-state index >= 15 is 0 Å². The predicted molar refractivity (Wildman–Crippen MR) is 71.2 cm³/mol. The van der Waals surface area contributed by atoms with E-state index in [4.69, 9.17) is 15.6 Å². The molecule has 2 aromatic carbocycles. The molecular formula is C15H17NO2. The molecule has 0 aliphatic heterocycles. The Morgan fingerprint density at radius 2 is 1.67 bits per heavy atom. The van der Waals surface area contributed by atoms with Crippen LogP contribution in [-0.2, 0) is 6.61 Å². The summed E-state index contributed by atoms with van der Waals surface area (Å²) in [5.41, 5.74) is 7.77. The fourth-order valence-electron chi connectivity index (χ4n) is 1.75. The van der Waals surface area contributed by atoms with Crippen molar-refractivity contribution in [3.05, 3.63) is 65.7 Å². The van der Waals surface area contributed by atoms with E-state index in [1.807, 2.05) is 54.6 Å². The Morgan fingerprint density at radius 1 is 1.00 bits per heavy atom. The van der Waals surface area contributed by atoms with Crippen LogP contribution in [0.2, 0.25) is 0 Å². The number of rotatable bonds is 5. The average molecular weight is 243 g/mol. The lowest BCUT2D eigenvalue weighted by atomic mass is 10.1. The zero-order valence-electron chi connectivity index (χ0n) is 10.1. The Hall–Kier alpha value is -1.84. The van der Waals surface area contributed by atoms with Crippen LogP contribution in [0.15, 0.2) is 54.6 Å². The molecule has 18 heavy (non-hydrogen) atoms. The van der Waals surface area contributed by atoms with Crippen LogP contribution < -0.4 is 10.5 Å². The number of ether oxygens (including phenoxy) is 1. The highest BCUT2D eigenvalue weighted by molar-refractivity contribution is 5.36. The SMILES string of the molecule is N[C@H](CO)c1ccccc1OCc1ccccc1. The van der Waals surface area contributed by atoms with Crippen molar-refractivity contribution in [2.24, 2.45) is 5.73 Å². The summed E-state index contributed by atoms with van der Waals surface area (Å²) in [5.74, 6) is 0.725. The quantitative estimate of drug-likeness (QED) is 0.847. The molecule has 0 bridgehead atoms. The topological polar surface area (TPSA) is 55.5 Å². The number of para-hydroxylation sites is 1. The van der Waals surface area contributed by atoms with Gasteiger partial charge in [-0.3, -0.25) is 0 Å². The van der Waals surface area contributed by atoms with Crippen molar-refractivity contribution >= 4 is 0 Å². The van der Waals surface area contributed by atoms with E-state index in [1.54, 1.807) is 0 Å². The van der Waals surface area contributed by atoms with Crippen molar-refractivity contribution in [1.29, 1.82) is 0 Å². The highest BCUT2D eigenvalue weighted by Gasteiger charge is 2.10. The summed E-state index contributed by atoms with van der Waals surface area (Å²) < 4.78 is 5.76. The van der Waals surface area contributed by atoms with Crippen LogP contribution in [-0.4, -0.2) is 11.7 Å². The summed E-state index contributed by atoms with van der Waals surface area (Å²) in [4.78, 5) is 0. The highest BCUT2D eigenvalue weighted by atomic mass is 16.5. The van der Waals surface area contributed by atoms with Crippen molar-refractivity contribution in [2.45, 2.75) is 12.6 Å². The number of aliphatic hydroxyl groups excluding tert-OH is 1. The summed E-state index contributed by atoms with van der Waals surface area (Å²) >= 11 is 0. The number of aliphatic hydroxyl groups is 1. The molecule has 0 unspecified atom stereocenters. The zero-order chi connectivity index (χ0) is 12.8. The number of nitrogens with two attached hydrogens (primary N) is 1. The molecule has 94 valence electrons. The maximum atomic E-state index is 9.12. The monoisotopic (exact) mass is 243 g/mol. The van der Waals surface area contributed by atoms with Gasteiger partial charge in [0, 0.05) is 5.56 Å². The standard InChI is InChI=1S/C15H17NO2/c16-14(10-17)13-8-4-5-9-15(13)18-11-12-6-2-1-3-7-12/h1-9,14,17H,10-11,16H2/t14-/m1/s1. The first-order valence-corrected chi connectivity index (χ1v) is 5.93. The average Bonchev–Trinajstić information content (AvgIpc) is 2.45. The van der Waals surface area contributed by atoms with E-state index in [9.17, 15) is 0 Å². The van der Waals surface area contributed by atoms with Gasteiger partial charge in [-0.05, 0) is 11.6 Å². The number of benzene rings is 2. The molecule has 0 saturated carbocycles. The van der Waals surface area contributed by atoms with Crippen molar-refractivity contribution in [3.8, 4) is 5.75 Å². The van der Waals surface area contributed by atoms with Gasteiger partial charge in [-0.25, -0.2) is 0 Å². The first kappa shape index (κ1) is 12.6. The molecule has 3 nitrogen and oxygen atoms in total. The third-order valence-corrected chi connectivity index (χ3v) is 2.75. The van der Waals surface area contributed by atoms with Crippen LogP contribution in [0.1, 0.15) is 17.2 Å². The maximum absolute atomic E-state index is 9.12. The van der Waals surface area contributed by atoms with Crippen molar-refractivity contribution in [1.82, 2.24) is 0 Å². The molecule has 0 fully saturated rings. The minimum atomic E-state index is -0.406. The normalized spacial score (nSPS) is 12.1. The summed E-state index contributed by atoms with van der Waals surface area (Å²) in [6.45, 7) is 0.404. The molecule has 0 radical (unpaired) electrons. The minimum absolute atomic E-state index is 0.0916. The van der Waals surface area contributed by atoms with Gasteiger partial charge in [0.05, 0.1) is 12.6 Å². The van der Waals surface area contributed by atoms with Crippen molar-refractivity contribution in [2.75, 3.05) is 6.61 Å². The van der Waals surface area contributed by atoms with Crippen LogP contribution >= 0.6 is 0 Å². The summed E-state index contributed by atoms with van der Waals surface area (Å²) in [6.07, 6.45) is 0. The maximum Gasteiger partial charge on any atom is 0.124 e. The molecule has 3 heteroatoms. The number of hydrogen-bond donors (Lipinski definition) is 2. The molecule has 0 amide bonds. The van der Waals surface area contributed by atoms with Crippen molar-refractivity contribution < 1.29 is 9.84 Å². The van der Waals surface area contributed by atoms with Crippen LogP contribution in [0.4, 0.5) is 0 Å². The number of hydrogen-bond acceptors (Lipinski definition) is 3. The van der Waals surface area contributed by atoms with Gasteiger partial charge in [-0.2, -0.15) is 0 Å². The van der Waals surface area contributed by atoms with Crippen LogP contribution in [0, 0.1) is 0 Å². The molecule has 3 N–H and O–H groups in total. The Labute approximate surface area is 107 Å². The molecule has 0 spiro atoms. The van der Waals surface area contributed by atoms with E-state index in [2.05, 4.69) is 0 Å². The second-order valence-corrected chi connectivity index (χ2v) is 4.10. The Bertz CT molecular complexity index is 485. The first-order valence-electron chi connectivity index (χ1n) is 5.93. The van der Waals surface area contributed by atoms with Crippen LogP contribution in [0.25, 0.3) is 0 Å². The van der Waals surface area contributed by atoms with Gasteiger partial charge in [-0.15, -0.1) is 0 Å². The predicted octanol–water partition coefficient (Wildman–Crippen LogP) is 2.26. The van der Waals surface area contributed by atoms with E-state index in [0.29, 0.717) is 6.61 Å². The lowest BCUT2D eigenvalue weighted by Crippen LogP contribution is -2.15. The Kier molecular flexibility index (Phi) is 4.34. The summed E-state index contributed by atoms with van der Waals surface area (Å²) in [6, 6.07) is 17.1. The smallest absolute Gasteiger partial charge is 0.124 e. The van der Waals surface area contributed by atoms with Gasteiger partial charge in [0.15, 0.2) is 0 Å². The summed E-state index contributed by atoms with van der Waals surface area (Å²) in [7, 11) is 0. The second-order valence-electron chi connectivity index (χ2n) is 4.10. The van der Waals surface area contributed by atoms with Crippen LogP contribution in [0.3, 0.4) is 0 Å². The molecule has 2 aromatic rings. The lowest BCUT2D eigenvalue weighted by Gasteiger charge is -2.15. The first-order chi connectivity index (χ1) is 8.81. The van der Waals surface area contributed by atoms with Gasteiger partial charge in [0.25, 0.3) is 0 Å². The van der Waals surface area contributed by atoms with Crippen LogP contribution in [0.5, 0.6) is 5.75 Å². The molecule has 0 aliphatic carbocycles. The molecule has 0 aliphatic rings. The molecular weight excluding hydrogens is 226 g/mol. The second kappa shape index (κ2) is 6.19. The zero-order valence-corrected chi connectivity index (χ0v) is 10.1. The van der Waals surface area contributed by atoms with E-state index < -0.39 is 6.04 Å².